The fourth-order valence-corrected chi connectivity index (χ4v) is 2.30. The summed E-state index contributed by atoms with van der Waals surface area (Å²) < 4.78 is 24.5. The molecular formula is C17H28FNO2. The van der Waals surface area contributed by atoms with Gasteiger partial charge in [0.2, 0.25) is 0 Å². The molecule has 1 aromatic carbocycles. The predicted octanol–water partition coefficient (Wildman–Crippen LogP) is 3.28. The lowest BCUT2D eigenvalue weighted by Crippen LogP contribution is -2.39. The normalized spacial score (nSPS) is 14.2. The third-order valence-corrected chi connectivity index (χ3v) is 4.26. The van der Waals surface area contributed by atoms with E-state index in [4.69, 9.17) is 9.47 Å². The summed E-state index contributed by atoms with van der Waals surface area (Å²) in [6.07, 6.45) is 0.674. The minimum absolute atomic E-state index is 0.0268. The van der Waals surface area contributed by atoms with Crippen LogP contribution in [0.1, 0.15) is 26.3 Å². The molecule has 0 fully saturated rings. The maximum atomic E-state index is 14.3. The van der Waals surface area contributed by atoms with Crippen molar-refractivity contribution in [2.24, 2.45) is 11.3 Å². The van der Waals surface area contributed by atoms with Crippen LogP contribution >= 0.6 is 0 Å². The lowest BCUT2D eigenvalue weighted by atomic mass is 9.74. The van der Waals surface area contributed by atoms with Crippen LogP contribution in [-0.2, 0) is 11.2 Å². The molecule has 1 unspecified atom stereocenters. The monoisotopic (exact) mass is 297 g/mol. The van der Waals surface area contributed by atoms with E-state index in [1.54, 1.807) is 13.2 Å². The van der Waals surface area contributed by atoms with Crippen LogP contribution in [0.4, 0.5) is 4.39 Å². The first-order valence-electron chi connectivity index (χ1n) is 7.45. The minimum atomic E-state index is -0.247. The molecule has 0 heterocycles. The van der Waals surface area contributed by atoms with Gasteiger partial charge < -0.3 is 14.8 Å². The van der Waals surface area contributed by atoms with Crippen LogP contribution < -0.4 is 10.1 Å². The van der Waals surface area contributed by atoms with Gasteiger partial charge in [0.15, 0.2) is 11.6 Å². The van der Waals surface area contributed by atoms with Gasteiger partial charge in [0, 0.05) is 20.2 Å². The Morgan fingerprint density at radius 3 is 2.57 bits per heavy atom. The van der Waals surface area contributed by atoms with Gasteiger partial charge in [0.05, 0.1) is 13.7 Å². The molecule has 1 rings (SSSR count). The highest BCUT2D eigenvalue weighted by Gasteiger charge is 2.29. The molecule has 0 bridgehead atoms. The second-order valence-corrected chi connectivity index (χ2v) is 6.09. The summed E-state index contributed by atoms with van der Waals surface area (Å²) >= 11 is 0. The fourth-order valence-electron chi connectivity index (χ4n) is 2.30. The maximum absolute atomic E-state index is 14.3. The Labute approximate surface area is 127 Å². The molecular weight excluding hydrogens is 269 g/mol. The number of nitrogens with one attached hydrogen (secondary N) is 1. The van der Waals surface area contributed by atoms with Gasteiger partial charge in [0.25, 0.3) is 0 Å². The highest BCUT2D eigenvalue weighted by Crippen LogP contribution is 2.33. The van der Waals surface area contributed by atoms with Gasteiger partial charge >= 0.3 is 0 Å². The molecule has 0 saturated heterocycles. The first kappa shape index (κ1) is 17.9. The second kappa shape index (κ2) is 8.35. The summed E-state index contributed by atoms with van der Waals surface area (Å²) in [5.74, 6) is 0.493. The van der Waals surface area contributed by atoms with Crippen LogP contribution in [0, 0.1) is 17.2 Å². The zero-order valence-electron chi connectivity index (χ0n) is 13.8. The van der Waals surface area contributed by atoms with E-state index in [0.29, 0.717) is 30.3 Å². The number of hydrogen-bond donors (Lipinski definition) is 1. The van der Waals surface area contributed by atoms with Crippen molar-refractivity contribution in [3.8, 4) is 5.75 Å². The third-order valence-electron chi connectivity index (χ3n) is 4.26. The van der Waals surface area contributed by atoms with Crippen molar-refractivity contribution in [3.63, 3.8) is 0 Å². The fraction of sp³-hybridized carbons (Fsp3) is 0.647. The zero-order chi connectivity index (χ0) is 15.9. The Kier molecular flexibility index (Phi) is 7.12. The summed E-state index contributed by atoms with van der Waals surface area (Å²) in [4.78, 5) is 0. The van der Waals surface area contributed by atoms with Gasteiger partial charge in [-0.2, -0.15) is 0 Å². The van der Waals surface area contributed by atoms with Crippen molar-refractivity contribution in [2.45, 2.75) is 27.2 Å². The molecule has 0 aliphatic carbocycles. The van der Waals surface area contributed by atoms with Gasteiger partial charge in [-0.1, -0.05) is 32.9 Å². The molecule has 21 heavy (non-hydrogen) atoms. The van der Waals surface area contributed by atoms with Crippen LogP contribution in [-0.4, -0.2) is 33.9 Å². The highest BCUT2D eigenvalue weighted by atomic mass is 19.1. The van der Waals surface area contributed by atoms with E-state index in [9.17, 15) is 4.39 Å². The van der Waals surface area contributed by atoms with E-state index in [1.807, 2.05) is 12.1 Å². The number of halogens is 1. The zero-order valence-corrected chi connectivity index (χ0v) is 13.8. The van der Waals surface area contributed by atoms with Crippen molar-refractivity contribution < 1.29 is 13.9 Å². The van der Waals surface area contributed by atoms with Crippen molar-refractivity contribution in [3.05, 3.63) is 29.6 Å². The number of rotatable bonds is 9. The van der Waals surface area contributed by atoms with Crippen molar-refractivity contribution in [1.29, 1.82) is 0 Å². The van der Waals surface area contributed by atoms with E-state index in [0.717, 1.165) is 13.1 Å². The summed E-state index contributed by atoms with van der Waals surface area (Å²) in [5, 5.41) is 3.40. The molecule has 1 atom stereocenters. The van der Waals surface area contributed by atoms with Crippen molar-refractivity contribution in [2.75, 3.05) is 33.9 Å². The molecule has 0 amide bonds. The average Bonchev–Trinajstić information content (AvgIpc) is 2.46. The predicted molar refractivity (Wildman–Crippen MR) is 84.3 cm³/mol. The summed E-state index contributed by atoms with van der Waals surface area (Å²) in [5.41, 5.74) is 0.681. The Bertz CT molecular complexity index is 437. The molecule has 0 saturated carbocycles. The average molecular weight is 297 g/mol. The third kappa shape index (κ3) is 4.97. The smallest absolute Gasteiger partial charge is 0.168 e. The Balaban J connectivity index is 2.82. The number of benzene rings is 1. The SMILES string of the molecule is COCCNCC(C)(Cc1cccc(OC)c1F)C(C)C. The van der Waals surface area contributed by atoms with Crippen LogP contribution in [0.5, 0.6) is 5.75 Å². The van der Waals surface area contributed by atoms with Crippen LogP contribution in [0.3, 0.4) is 0 Å². The number of methoxy groups -OCH3 is 2. The topological polar surface area (TPSA) is 30.5 Å². The molecule has 0 aliphatic rings. The van der Waals surface area contributed by atoms with E-state index in [-0.39, 0.29) is 11.2 Å². The van der Waals surface area contributed by atoms with E-state index in [1.165, 1.54) is 7.11 Å². The molecule has 3 nitrogen and oxygen atoms in total. The first-order valence-corrected chi connectivity index (χ1v) is 7.45. The molecule has 0 aliphatic heterocycles. The number of ether oxygens (including phenoxy) is 2. The molecule has 0 radical (unpaired) electrons. The molecule has 0 aromatic heterocycles. The van der Waals surface area contributed by atoms with Crippen LogP contribution in [0.2, 0.25) is 0 Å². The van der Waals surface area contributed by atoms with E-state index >= 15 is 0 Å². The summed E-state index contributed by atoms with van der Waals surface area (Å²) in [7, 11) is 3.19. The van der Waals surface area contributed by atoms with Crippen molar-refractivity contribution >= 4 is 0 Å². The molecule has 4 heteroatoms. The Morgan fingerprint density at radius 2 is 2.00 bits per heavy atom. The quantitative estimate of drug-likeness (QED) is 0.710. The van der Waals surface area contributed by atoms with Crippen LogP contribution in [0.25, 0.3) is 0 Å². The Hall–Kier alpha value is -1.13. The van der Waals surface area contributed by atoms with Crippen molar-refractivity contribution in [1.82, 2.24) is 5.32 Å². The van der Waals surface area contributed by atoms with Gasteiger partial charge in [-0.25, -0.2) is 4.39 Å². The van der Waals surface area contributed by atoms with Gasteiger partial charge in [-0.05, 0) is 29.4 Å². The molecule has 0 spiro atoms. The number of hydrogen-bond acceptors (Lipinski definition) is 3. The lowest BCUT2D eigenvalue weighted by Gasteiger charge is -2.34. The standard InChI is InChI=1S/C17H28FNO2/c1-13(2)17(3,12-19-9-10-20-4)11-14-7-6-8-15(21-5)16(14)18/h6-8,13,19H,9-12H2,1-5H3. The van der Waals surface area contributed by atoms with Gasteiger partial charge in [0.1, 0.15) is 0 Å². The second-order valence-electron chi connectivity index (χ2n) is 6.09. The van der Waals surface area contributed by atoms with Gasteiger partial charge in [-0.15, -0.1) is 0 Å². The Morgan fingerprint density at radius 1 is 1.29 bits per heavy atom. The molecule has 120 valence electrons. The molecule has 1 aromatic rings. The largest absolute Gasteiger partial charge is 0.494 e. The van der Waals surface area contributed by atoms with Gasteiger partial charge in [-0.3, -0.25) is 0 Å². The minimum Gasteiger partial charge on any atom is -0.494 e. The molecule has 1 N–H and O–H groups in total. The lowest BCUT2D eigenvalue weighted by molar-refractivity contribution is 0.174. The van der Waals surface area contributed by atoms with Crippen LogP contribution in [0.15, 0.2) is 18.2 Å². The summed E-state index contributed by atoms with van der Waals surface area (Å²) in [6, 6.07) is 5.34. The maximum Gasteiger partial charge on any atom is 0.168 e. The highest BCUT2D eigenvalue weighted by molar-refractivity contribution is 5.31. The van der Waals surface area contributed by atoms with E-state index in [2.05, 4.69) is 26.1 Å². The summed E-state index contributed by atoms with van der Waals surface area (Å²) in [6.45, 7) is 8.86. The first-order chi connectivity index (χ1) is 9.94. The van der Waals surface area contributed by atoms with E-state index < -0.39 is 0 Å².